The van der Waals surface area contributed by atoms with Crippen molar-refractivity contribution < 1.29 is 11.3 Å². The van der Waals surface area contributed by atoms with Crippen molar-refractivity contribution in [2.75, 3.05) is 4.90 Å². The number of hydrogen-bond donors (Lipinski definition) is 1. The van der Waals surface area contributed by atoms with E-state index in [-0.39, 0.29) is 11.4 Å². The van der Waals surface area contributed by atoms with Gasteiger partial charge < -0.3 is 9.32 Å². The molecule has 0 unspecified atom stereocenters. The van der Waals surface area contributed by atoms with Crippen LogP contribution in [0.15, 0.2) is 196 Å². The molecule has 0 fully saturated rings. The van der Waals surface area contributed by atoms with Gasteiger partial charge in [-0.25, -0.2) is 9.98 Å². The van der Waals surface area contributed by atoms with Crippen LogP contribution in [0.2, 0.25) is 0 Å². The SMILES string of the molecule is [2H]c1c([2H])c([2H])c(C(=N)N=C(N=Cc2cccc3c2oc2ccccc23)c2cccc3c(N4c5cc6ccccc6cc5-c5cccc6cccc4c56)cccc23)c([2H])c1[2H]. The molecule has 0 saturated heterocycles. The number of rotatable bonds is 4. The molecule has 9 aromatic carbocycles. The molecule has 5 heteroatoms. The van der Waals surface area contributed by atoms with Crippen molar-refractivity contribution >= 4 is 89.2 Å². The van der Waals surface area contributed by atoms with E-state index in [2.05, 4.69) is 89.8 Å². The van der Waals surface area contributed by atoms with Gasteiger partial charge in [-0.3, -0.25) is 5.41 Å². The highest BCUT2D eigenvalue weighted by Crippen LogP contribution is 2.53. The zero-order chi connectivity index (χ0) is 41.5. The first kappa shape index (κ1) is 27.0. The molecule has 56 heavy (non-hydrogen) atoms. The summed E-state index contributed by atoms with van der Waals surface area (Å²) in [6, 6.07) is 48.7. The fourth-order valence-corrected chi connectivity index (χ4v) is 8.12. The lowest BCUT2D eigenvalue weighted by Crippen LogP contribution is -2.15. The summed E-state index contributed by atoms with van der Waals surface area (Å²) in [5.74, 6) is -0.399. The summed E-state index contributed by atoms with van der Waals surface area (Å²) in [7, 11) is 0. The zero-order valence-corrected chi connectivity index (χ0v) is 29.8. The minimum absolute atomic E-state index is 0.116. The van der Waals surface area contributed by atoms with Crippen LogP contribution in [-0.4, -0.2) is 17.9 Å². The molecule has 0 amide bonds. The van der Waals surface area contributed by atoms with Crippen molar-refractivity contribution in [3.8, 4) is 11.1 Å². The van der Waals surface area contributed by atoms with Crippen LogP contribution < -0.4 is 4.90 Å². The van der Waals surface area contributed by atoms with Gasteiger partial charge in [0.2, 0.25) is 0 Å². The lowest BCUT2D eigenvalue weighted by Gasteiger charge is -2.34. The van der Waals surface area contributed by atoms with E-state index in [1.165, 1.54) is 5.56 Å². The highest BCUT2D eigenvalue weighted by atomic mass is 16.3. The van der Waals surface area contributed by atoms with E-state index in [0.717, 1.165) is 71.3 Å². The monoisotopic (exact) mass is 721 g/mol. The van der Waals surface area contributed by atoms with Gasteiger partial charge in [0.25, 0.3) is 0 Å². The average Bonchev–Trinajstić information content (AvgIpc) is 3.68. The van der Waals surface area contributed by atoms with Gasteiger partial charge in [-0.1, -0.05) is 145 Å². The van der Waals surface area contributed by atoms with E-state index in [4.69, 9.17) is 21.3 Å². The minimum Gasteiger partial charge on any atom is -0.455 e. The summed E-state index contributed by atoms with van der Waals surface area (Å²) in [4.78, 5) is 12.0. The Balaban J connectivity index is 1.14. The van der Waals surface area contributed by atoms with Crippen LogP contribution in [0.4, 0.5) is 17.1 Å². The highest BCUT2D eigenvalue weighted by Gasteiger charge is 2.28. The molecule has 0 bridgehead atoms. The quantitative estimate of drug-likeness (QED) is 0.145. The van der Waals surface area contributed by atoms with E-state index >= 15 is 0 Å². The molecule has 0 atom stereocenters. The van der Waals surface area contributed by atoms with Crippen molar-refractivity contribution in [1.29, 1.82) is 5.41 Å². The van der Waals surface area contributed by atoms with Crippen molar-refractivity contribution in [3.63, 3.8) is 0 Å². The number of amidine groups is 2. The number of para-hydroxylation sites is 2. The molecule has 5 nitrogen and oxygen atoms in total. The maximum atomic E-state index is 9.18. The molecule has 1 aliphatic heterocycles. The molecule has 1 N–H and O–H groups in total. The fraction of sp³-hybridized carbons (Fsp3) is 0. The topological polar surface area (TPSA) is 65.0 Å². The third-order valence-electron chi connectivity index (χ3n) is 10.6. The number of benzene rings is 9. The second-order valence-corrected chi connectivity index (χ2v) is 13.8. The number of fused-ring (bicyclic) bond motifs is 7. The van der Waals surface area contributed by atoms with Gasteiger partial charge in [0.15, 0.2) is 11.7 Å². The minimum atomic E-state index is -0.543. The van der Waals surface area contributed by atoms with Crippen LogP contribution in [0, 0.1) is 5.41 Å². The second-order valence-electron chi connectivity index (χ2n) is 13.8. The third-order valence-corrected chi connectivity index (χ3v) is 10.6. The van der Waals surface area contributed by atoms with Crippen LogP contribution in [-0.2, 0) is 0 Å². The molecule has 1 aliphatic rings. The maximum absolute atomic E-state index is 9.18. The van der Waals surface area contributed by atoms with Crippen LogP contribution in [0.5, 0.6) is 0 Å². The summed E-state index contributed by atoms with van der Waals surface area (Å²) in [6.07, 6.45) is 1.64. The van der Waals surface area contributed by atoms with Crippen LogP contribution in [0.3, 0.4) is 0 Å². The summed E-state index contributed by atoms with van der Waals surface area (Å²) in [5, 5.41) is 17.3. The number of hydrogen-bond acceptors (Lipinski definition) is 3. The van der Waals surface area contributed by atoms with Gasteiger partial charge in [-0.05, 0) is 63.5 Å². The highest BCUT2D eigenvalue weighted by molar-refractivity contribution is 6.22. The smallest absolute Gasteiger partial charge is 0.162 e. The summed E-state index contributed by atoms with van der Waals surface area (Å²) < 4.78 is 48.3. The standard InChI is InChI=1S/C51H32N4O/c52-50(33-13-2-1-3-14-33)54-51(53-31-36-19-9-24-41-39-20-6-7-28-47(39)56-49(36)41)42-25-11-22-38-37(42)21-12-26-44(38)55-45-27-10-18-32-17-8-23-40(48(32)45)43-29-34-15-4-5-16-35(34)30-46(43)55/h1-31,52H/i1D,2D,3D,13D,14D. The van der Waals surface area contributed by atoms with Crippen LogP contribution in [0.1, 0.15) is 23.5 Å². The lowest BCUT2D eigenvalue weighted by atomic mass is 9.88. The van der Waals surface area contributed by atoms with Crippen molar-refractivity contribution in [2.24, 2.45) is 9.98 Å². The Morgan fingerprint density at radius 3 is 2.16 bits per heavy atom. The Hall–Kier alpha value is -7.63. The predicted molar refractivity (Wildman–Crippen MR) is 234 cm³/mol. The van der Waals surface area contributed by atoms with Gasteiger partial charge in [0.05, 0.1) is 23.9 Å². The van der Waals surface area contributed by atoms with Crippen molar-refractivity contribution in [1.82, 2.24) is 0 Å². The summed E-state index contributed by atoms with van der Waals surface area (Å²) in [6.45, 7) is 0. The average molecular weight is 722 g/mol. The molecule has 0 spiro atoms. The van der Waals surface area contributed by atoms with Gasteiger partial charge in [-0.15, -0.1) is 0 Å². The van der Waals surface area contributed by atoms with E-state index in [1.54, 1.807) is 6.21 Å². The Morgan fingerprint density at radius 2 is 1.27 bits per heavy atom. The Morgan fingerprint density at radius 1 is 0.589 bits per heavy atom. The van der Waals surface area contributed by atoms with Crippen LogP contribution in [0.25, 0.3) is 65.4 Å². The number of aliphatic imine (C=N–C) groups is 2. The van der Waals surface area contributed by atoms with E-state index in [0.29, 0.717) is 16.7 Å². The molecule has 0 aliphatic carbocycles. The summed E-state index contributed by atoms with van der Waals surface area (Å²) in [5.41, 5.74) is 7.62. The molecule has 2 heterocycles. The van der Waals surface area contributed by atoms with Gasteiger partial charge >= 0.3 is 0 Å². The third kappa shape index (κ3) is 5.06. The molecule has 10 aromatic rings. The number of anilines is 3. The van der Waals surface area contributed by atoms with Crippen molar-refractivity contribution in [2.45, 2.75) is 0 Å². The first-order chi connectivity index (χ1) is 29.8. The first-order valence-electron chi connectivity index (χ1n) is 20.8. The fourth-order valence-electron chi connectivity index (χ4n) is 8.12. The largest absolute Gasteiger partial charge is 0.455 e. The van der Waals surface area contributed by atoms with E-state index in [1.807, 2.05) is 66.7 Å². The lowest BCUT2D eigenvalue weighted by molar-refractivity contribution is 0.668. The molecule has 11 rings (SSSR count). The second kappa shape index (κ2) is 12.8. The number of furan rings is 1. The van der Waals surface area contributed by atoms with E-state index < -0.39 is 36.0 Å². The van der Waals surface area contributed by atoms with Gasteiger partial charge in [0.1, 0.15) is 11.2 Å². The Bertz CT molecular complexity index is 3560. The first-order valence-corrected chi connectivity index (χ1v) is 18.3. The summed E-state index contributed by atoms with van der Waals surface area (Å²) >= 11 is 0. The Labute approximate surface area is 329 Å². The molecule has 1 aromatic heterocycles. The van der Waals surface area contributed by atoms with Crippen LogP contribution >= 0.6 is 0 Å². The maximum Gasteiger partial charge on any atom is 0.162 e. The predicted octanol–water partition coefficient (Wildman–Crippen LogP) is 13.4. The van der Waals surface area contributed by atoms with Gasteiger partial charge in [-0.2, -0.15) is 0 Å². The number of nitrogens with one attached hydrogen (secondary N) is 1. The number of nitrogens with zero attached hydrogens (tertiary/aromatic N) is 3. The van der Waals surface area contributed by atoms with E-state index in [9.17, 15) is 5.41 Å². The van der Waals surface area contributed by atoms with Gasteiger partial charge in [0, 0.05) is 50.0 Å². The molecular weight excluding hydrogens is 685 g/mol. The molecule has 0 saturated carbocycles. The zero-order valence-electron chi connectivity index (χ0n) is 34.8. The normalized spacial score (nSPS) is 14.0. The Kier molecular flexibility index (Phi) is 6.15. The molecular formula is C51H32N4O. The molecule has 0 radical (unpaired) electrons. The molecule has 262 valence electrons. The van der Waals surface area contributed by atoms with Crippen molar-refractivity contribution in [3.05, 3.63) is 199 Å².